The molecule has 3 heteroatoms. The molecule has 0 saturated heterocycles. The van der Waals surface area contributed by atoms with E-state index in [-0.39, 0.29) is 12.4 Å². The van der Waals surface area contributed by atoms with Crippen molar-refractivity contribution in [2.75, 3.05) is 6.26 Å². The van der Waals surface area contributed by atoms with Crippen LogP contribution in [0.5, 0.6) is 5.75 Å². The highest BCUT2D eigenvalue weighted by Crippen LogP contribution is 2.24. The number of phenolic OH excluding ortho intramolecular Hbond substituents is 1. The van der Waals surface area contributed by atoms with Crippen LogP contribution in [0.1, 0.15) is 5.56 Å². The van der Waals surface area contributed by atoms with E-state index < -0.39 is 0 Å². The van der Waals surface area contributed by atoms with E-state index in [0.29, 0.717) is 0 Å². The molecule has 0 spiro atoms. The number of aromatic hydroxyl groups is 1. The molecule has 1 rings (SSSR count). The zero-order valence-electron chi connectivity index (χ0n) is 6.24. The summed E-state index contributed by atoms with van der Waals surface area (Å²) in [6.07, 6.45) is 1.91. The molecule has 0 aromatic heterocycles. The second kappa shape index (κ2) is 3.64. The van der Waals surface area contributed by atoms with Crippen LogP contribution in [-0.2, 0) is 6.61 Å². The molecule has 0 aliphatic heterocycles. The highest BCUT2D eigenvalue weighted by molar-refractivity contribution is 7.98. The first-order valence-corrected chi connectivity index (χ1v) is 4.47. The fourth-order valence-corrected chi connectivity index (χ4v) is 1.50. The highest BCUT2D eigenvalue weighted by atomic mass is 32.2. The van der Waals surface area contributed by atoms with Crippen LogP contribution in [0, 0.1) is 0 Å². The van der Waals surface area contributed by atoms with Crippen molar-refractivity contribution in [1.29, 1.82) is 0 Å². The Morgan fingerprint density at radius 1 is 1.45 bits per heavy atom. The maximum Gasteiger partial charge on any atom is 0.116 e. The molecule has 2 N–H and O–H groups in total. The molecule has 0 atom stereocenters. The third kappa shape index (κ3) is 1.88. The average Bonchev–Trinajstić information content (AvgIpc) is 2.04. The molecule has 11 heavy (non-hydrogen) atoms. The van der Waals surface area contributed by atoms with E-state index in [1.165, 1.54) is 11.8 Å². The van der Waals surface area contributed by atoms with Gasteiger partial charge in [-0.15, -0.1) is 11.8 Å². The van der Waals surface area contributed by atoms with Crippen LogP contribution < -0.4 is 0 Å². The fourth-order valence-electron chi connectivity index (χ4n) is 0.864. The van der Waals surface area contributed by atoms with Crippen molar-refractivity contribution < 1.29 is 10.2 Å². The summed E-state index contributed by atoms with van der Waals surface area (Å²) in [4.78, 5) is 0.924. The van der Waals surface area contributed by atoms with Gasteiger partial charge in [-0.05, 0) is 24.0 Å². The lowest BCUT2D eigenvalue weighted by Crippen LogP contribution is -1.85. The Morgan fingerprint density at radius 3 is 2.73 bits per heavy atom. The van der Waals surface area contributed by atoms with Gasteiger partial charge in [-0.25, -0.2) is 0 Å². The second-order valence-electron chi connectivity index (χ2n) is 2.15. The molecule has 0 heterocycles. The number of aliphatic hydroxyl groups excluding tert-OH is 1. The number of thioether (sulfide) groups is 1. The van der Waals surface area contributed by atoms with Gasteiger partial charge in [0, 0.05) is 4.90 Å². The summed E-state index contributed by atoms with van der Waals surface area (Å²) in [6, 6.07) is 4.95. The molecule has 0 aliphatic carbocycles. The lowest BCUT2D eigenvalue weighted by molar-refractivity contribution is 0.278. The van der Waals surface area contributed by atoms with E-state index in [9.17, 15) is 0 Å². The summed E-state index contributed by atoms with van der Waals surface area (Å²) in [7, 11) is 0. The molecular weight excluding hydrogens is 160 g/mol. The highest BCUT2D eigenvalue weighted by Gasteiger charge is 1.99. The first-order valence-electron chi connectivity index (χ1n) is 3.24. The SMILES string of the molecule is CSc1cc(O)ccc1CO. The summed E-state index contributed by atoms with van der Waals surface area (Å²) in [6.45, 7) is 0.0243. The van der Waals surface area contributed by atoms with E-state index in [2.05, 4.69) is 0 Å². The number of aliphatic hydroxyl groups is 1. The molecule has 1 aromatic rings. The molecule has 0 amide bonds. The Labute approximate surface area is 69.9 Å². The predicted molar refractivity (Wildman–Crippen MR) is 45.8 cm³/mol. The van der Waals surface area contributed by atoms with E-state index in [0.717, 1.165) is 10.5 Å². The summed E-state index contributed by atoms with van der Waals surface area (Å²) < 4.78 is 0. The van der Waals surface area contributed by atoms with Gasteiger partial charge >= 0.3 is 0 Å². The molecule has 0 unspecified atom stereocenters. The van der Waals surface area contributed by atoms with Gasteiger partial charge in [0.05, 0.1) is 6.61 Å². The van der Waals surface area contributed by atoms with Gasteiger partial charge in [-0.2, -0.15) is 0 Å². The van der Waals surface area contributed by atoms with Crippen molar-refractivity contribution in [3.8, 4) is 5.75 Å². The van der Waals surface area contributed by atoms with E-state index in [1.807, 2.05) is 6.26 Å². The zero-order chi connectivity index (χ0) is 8.27. The maximum atomic E-state index is 9.07. The van der Waals surface area contributed by atoms with Gasteiger partial charge in [-0.1, -0.05) is 6.07 Å². The van der Waals surface area contributed by atoms with Crippen LogP contribution in [0.4, 0.5) is 0 Å². The minimum Gasteiger partial charge on any atom is -0.508 e. The maximum absolute atomic E-state index is 9.07. The first kappa shape index (κ1) is 8.43. The number of rotatable bonds is 2. The van der Waals surface area contributed by atoms with Crippen LogP contribution in [0.25, 0.3) is 0 Å². The Bertz CT molecular complexity index is 248. The Kier molecular flexibility index (Phi) is 2.79. The van der Waals surface area contributed by atoms with E-state index in [4.69, 9.17) is 10.2 Å². The summed E-state index contributed by atoms with van der Waals surface area (Å²) in [5.41, 5.74) is 0.857. The normalized spacial score (nSPS) is 10.0. The van der Waals surface area contributed by atoms with Crippen molar-refractivity contribution in [1.82, 2.24) is 0 Å². The predicted octanol–water partition coefficient (Wildman–Crippen LogP) is 1.61. The van der Waals surface area contributed by atoms with E-state index >= 15 is 0 Å². The minimum atomic E-state index is 0.0243. The molecular formula is C8H10O2S. The molecule has 0 aliphatic rings. The van der Waals surface area contributed by atoms with Crippen LogP contribution in [0.3, 0.4) is 0 Å². The van der Waals surface area contributed by atoms with Crippen LogP contribution >= 0.6 is 11.8 Å². The van der Waals surface area contributed by atoms with Crippen molar-refractivity contribution in [2.45, 2.75) is 11.5 Å². The molecule has 1 aromatic carbocycles. The number of benzene rings is 1. The Hall–Kier alpha value is -0.670. The van der Waals surface area contributed by atoms with Gasteiger partial charge in [-0.3, -0.25) is 0 Å². The summed E-state index contributed by atoms with van der Waals surface area (Å²) in [5.74, 6) is 0.242. The molecule has 0 fully saturated rings. The van der Waals surface area contributed by atoms with E-state index in [1.54, 1.807) is 18.2 Å². The van der Waals surface area contributed by atoms with Gasteiger partial charge in [0.2, 0.25) is 0 Å². The van der Waals surface area contributed by atoms with Gasteiger partial charge in [0.15, 0.2) is 0 Å². The van der Waals surface area contributed by atoms with Crippen molar-refractivity contribution in [3.63, 3.8) is 0 Å². The quantitative estimate of drug-likeness (QED) is 0.662. The summed E-state index contributed by atoms with van der Waals surface area (Å²) in [5, 5.41) is 17.9. The van der Waals surface area contributed by atoms with Gasteiger partial charge in [0.1, 0.15) is 5.75 Å². The molecule has 0 saturated carbocycles. The van der Waals surface area contributed by atoms with Crippen molar-refractivity contribution in [2.24, 2.45) is 0 Å². The lowest BCUT2D eigenvalue weighted by atomic mass is 10.2. The molecule has 60 valence electrons. The molecule has 0 bridgehead atoms. The number of hydrogen-bond donors (Lipinski definition) is 2. The van der Waals surface area contributed by atoms with Crippen LogP contribution in [0.15, 0.2) is 23.1 Å². The average molecular weight is 170 g/mol. The summed E-state index contributed by atoms with van der Waals surface area (Å²) >= 11 is 1.51. The van der Waals surface area contributed by atoms with Gasteiger partial charge in [0.25, 0.3) is 0 Å². The monoisotopic (exact) mass is 170 g/mol. The van der Waals surface area contributed by atoms with Crippen LogP contribution in [-0.4, -0.2) is 16.5 Å². The number of phenols is 1. The standard InChI is InChI=1S/C8H10O2S/c1-11-8-4-7(10)3-2-6(8)5-9/h2-4,9-10H,5H2,1H3. The topological polar surface area (TPSA) is 40.5 Å². The van der Waals surface area contributed by atoms with Crippen LogP contribution in [0.2, 0.25) is 0 Å². The number of hydrogen-bond acceptors (Lipinski definition) is 3. The molecule has 0 radical (unpaired) electrons. The third-order valence-electron chi connectivity index (χ3n) is 1.44. The Balaban J connectivity index is 3.06. The first-order chi connectivity index (χ1) is 5.27. The fraction of sp³-hybridized carbons (Fsp3) is 0.250. The van der Waals surface area contributed by atoms with Crippen molar-refractivity contribution in [3.05, 3.63) is 23.8 Å². The largest absolute Gasteiger partial charge is 0.508 e. The van der Waals surface area contributed by atoms with Crippen molar-refractivity contribution >= 4 is 11.8 Å². The smallest absolute Gasteiger partial charge is 0.116 e. The zero-order valence-corrected chi connectivity index (χ0v) is 7.06. The lowest BCUT2D eigenvalue weighted by Gasteiger charge is -2.03. The minimum absolute atomic E-state index is 0.0243. The molecule has 2 nitrogen and oxygen atoms in total. The second-order valence-corrected chi connectivity index (χ2v) is 3.00. The van der Waals surface area contributed by atoms with Gasteiger partial charge < -0.3 is 10.2 Å². The third-order valence-corrected chi connectivity index (χ3v) is 2.26. The Morgan fingerprint density at radius 2 is 2.18 bits per heavy atom.